The zero-order valence-electron chi connectivity index (χ0n) is 8.07. The van der Waals surface area contributed by atoms with Gasteiger partial charge in [-0.2, -0.15) is 0 Å². The van der Waals surface area contributed by atoms with Crippen molar-refractivity contribution in [2.75, 3.05) is 13.7 Å². The number of nitrogens with two attached hydrogens (primary N) is 1. The largest absolute Gasteiger partial charge is 0.383 e. The summed E-state index contributed by atoms with van der Waals surface area (Å²) in [6.07, 6.45) is 0.824. The van der Waals surface area contributed by atoms with Crippen LogP contribution in [0.3, 0.4) is 0 Å². The van der Waals surface area contributed by atoms with Crippen LogP contribution in [0.25, 0.3) is 0 Å². The highest BCUT2D eigenvalue weighted by Crippen LogP contribution is 2.10. The van der Waals surface area contributed by atoms with Gasteiger partial charge in [-0.25, -0.2) is 0 Å². The first-order valence-corrected chi connectivity index (χ1v) is 4.59. The molecule has 0 spiro atoms. The van der Waals surface area contributed by atoms with Gasteiger partial charge in [0.15, 0.2) is 0 Å². The van der Waals surface area contributed by atoms with Gasteiger partial charge in [-0.05, 0) is 24.1 Å². The zero-order valence-corrected chi connectivity index (χ0v) is 9.65. The third-order valence-corrected chi connectivity index (χ3v) is 2.04. The van der Waals surface area contributed by atoms with Gasteiger partial charge in [-0.1, -0.05) is 23.7 Å². The Bertz CT molecular complexity index is 251. The number of hydrogen-bond donors (Lipinski definition) is 1. The third-order valence-electron chi connectivity index (χ3n) is 1.79. The van der Waals surface area contributed by atoms with Crippen LogP contribution in [-0.4, -0.2) is 19.8 Å². The Morgan fingerprint density at radius 3 is 2.43 bits per heavy atom. The number of hydrogen-bond acceptors (Lipinski definition) is 2. The lowest BCUT2D eigenvalue weighted by molar-refractivity contribution is 0.180. The van der Waals surface area contributed by atoms with E-state index in [1.807, 2.05) is 24.3 Å². The van der Waals surface area contributed by atoms with Crippen LogP contribution in [0.4, 0.5) is 0 Å². The first-order valence-electron chi connectivity index (χ1n) is 4.21. The van der Waals surface area contributed by atoms with Crippen LogP contribution in [-0.2, 0) is 11.2 Å². The molecule has 1 atom stereocenters. The Morgan fingerprint density at radius 1 is 1.36 bits per heavy atom. The molecule has 0 aliphatic rings. The zero-order chi connectivity index (χ0) is 9.68. The van der Waals surface area contributed by atoms with Crippen molar-refractivity contribution in [3.63, 3.8) is 0 Å². The Balaban J connectivity index is 0.00000169. The minimum atomic E-state index is 0. The van der Waals surface area contributed by atoms with Crippen molar-refractivity contribution < 1.29 is 4.74 Å². The standard InChI is InChI=1S/C10H14ClNO.ClH/c1-13-7-10(12)6-8-2-4-9(11)5-3-8;/h2-5,10H,6-7,12H2,1H3;1H. The van der Waals surface area contributed by atoms with Crippen LogP contribution >= 0.6 is 24.0 Å². The Kier molecular flexibility index (Phi) is 6.93. The fourth-order valence-corrected chi connectivity index (χ4v) is 1.32. The normalized spacial score (nSPS) is 11.9. The van der Waals surface area contributed by atoms with Gasteiger partial charge in [0, 0.05) is 18.2 Å². The molecule has 0 aliphatic heterocycles. The number of ether oxygens (including phenoxy) is 1. The topological polar surface area (TPSA) is 35.2 Å². The Morgan fingerprint density at radius 2 is 1.93 bits per heavy atom. The number of methoxy groups -OCH3 is 1. The summed E-state index contributed by atoms with van der Waals surface area (Å²) in [5.74, 6) is 0. The minimum absolute atomic E-state index is 0. The molecule has 0 saturated carbocycles. The average molecular weight is 236 g/mol. The maximum Gasteiger partial charge on any atom is 0.0616 e. The Labute approximate surface area is 95.8 Å². The van der Waals surface area contributed by atoms with Crippen LogP contribution < -0.4 is 5.73 Å². The number of halogens is 2. The summed E-state index contributed by atoms with van der Waals surface area (Å²) in [7, 11) is 1.65. The molecule has 0 amide bonds. The molecule has 0 bridgehead atoms. The van der Waals surface area contributed by atoms with Crippen molar-refractivity contribution in [3.8, 4) is 0 Å². The van der Waals surface area contributed by atoms with Crippen LogP contribution in [0.1, 0.15) is 5.56 Å². The second-order valence-corrected chi connectivity index (χ2v) is 3.48. The lowest BCUT2D eigenvalue weighted by Gasteiger charge is -2.09. The van der Waals surface area contributed by atoms with E-state index in [9.17, 15) is 0 Å². The van der Waals surface area contributed by atoms with Crippen molar-refractivity contribution in [3.05, 3.63) is 34.9 Å². The van der Waals surface area contributed by atoms with E-state index in [1.54, 1.807) is 7.11 Å². The summed E-state index contributed by atoms with van der Waals surface area (Å²) in [5.41, 5.74) is 6.99. The second kappa shape index (κ2) is 7.07. The first kappa shape index (κ1) is 13.7. The molecule has 0 aliphatic carbocycles. The molecular weight excluding hydrogens is 221 g/mol. The summed E-state index contributed by atoms with van der Waals surface area (Å²) in [6.45, 7) is 0.586. The van der Waals surface area contributed by atoms with Crippen LogP contribution in [0.15, 0.2) is 24.3 Å². The van der Waals surface area contributed by atoms with Gasteiger partial charge in [0.25, 0.3) is 0 Å². The lowest BCUT2D eigenvalue weighted by Crippen LogP contribution is -2.27. The van der Waals surface area contributed by atoms with Gasteiger partial charge in [-0.15, -0.1) is 12.4 Å². The summed E-state index contributed by atoms with van der Waals surface area (Å²) in [5, 5.41) is 0.754. The minimum Gasteiger partial charge on any atom is -0.383 e. The van der Waals surface area contributed by atoms with E-state index in [1.165, 1.54) is 5.56 Å². The third kappa shape index (κ3) is 4.82. The fraction of sp³-hybridized carbons (Fsp3) is 0.400. The van der Waals surface area contributed by atoms with E-state index >= 15 is 0 Å². The maximum atomic E-state index is 5.80. The first-order chi connectivity index (χ1) is 6.22. The summed E-state index contributed by atoms with van der Waals surface area (Å²) in [4.78, 5) is 0. The molecule has 80 valence electrons. The number of rotatable bonds is 4. The predicted octanol–water partition coefficient (Wildman–Crippen LogP) is 2.28. The lowest BCUT2D eigenvalue weighted by atomic mass is 10.1. The molecule has 2 nitrogen and oxygen atoms in total. The van der Waals surface area contributed by atoms with Gasteiger partial charge in [0.2, 0.25) is 0 Å². The molecule has 0 saturated heterocycles. The molecule has 1 unspecified atom stereocenters. The molecule has 2 N–H and O–H groups in total. The van der Waals surface area contributed by atoms with E-state index in [4.69, 9.17) is 22.1 Å². The highest BCUT2D eigenvalue weighted by atomic mass is 35.5. The molecular formula is C10H15Cl2NO. The molecule has 1 aromatic rings. The van der Waals surface area contributed by atoms with E-state index in [2.05, 4.69) is 0 Å². The van der Waals surface area contributed by atoms with Crippen LogP contribution in [0.2, 0.25) is 5.02 Å². The molecule has 0 fully saturated rings. The van der Waals surface area contributed by atoms with Crippen molar-refractivity contribution in [2.45, 2.75) is 12.5 Å². The number of benzene rings is 1. The average Bonchev–Trinajstić information content (AvgIpc) is 2.09. The molecule has 1 aromatic carbocycles. The fourth-order valence-electron chi connectivity index (χ4n) is 1.20. The second-order valence-electron chi connectivity index (χ2n) is 3.05. The van der Waals surface area contributed by atoms with Gasteiger partial charge >= 0.3 is 0 Å². The summed E-state index contributed by atoms with van der Waals surface area (Å²) >= 11 is 5.75. The van der Waals surface area contributed by atoms with E-state index in [-0.39, 0.29) is 18.4 Å². The van der Waals surface area contributed by atoms with Crippen molar-refractivity contribution in [1.82, 2.24) is 0 Å². The molecule has 0 heterocycles. The van der Waals surface area contributed by atoms with Crippen molar-refractivity contribution in [2.24, 2.45) is 5.73 Å². The molecule has 1 rings (SSSR count). The van der Waals surface area contributed by atoms with Gasteiger partial charge < -0.3 is 10.5 Å². The van der Waals surface area contributed by atoms with E-state index in [0.717, 1.165) is 11.4 Å². The van der Waals surface area contributed by atoms with Crippen molar-refractivity contribution >= 4 is 24.0 Å². The quantitative estimate of drug-likeness (QED) is 0.870. The smallest absolute Gasteiger partial charge is 0.0616 e. The highest BCUT2D eigenvalue weighted by Gasteiger charge is 2.02. The van der Waals surface area contributed by atoms with Gasteiger partial charge in [-0.3, -0.25) is 0 Å². The van der Waals surface area contributed by atoms with Gasteiger partial charge in [0.05, 0.1) is 6.61 Å². The van der Waals surface area contributed by atoms with E-state index < -0.39 is 0 Å². The summed E-state index contributed by atoms with van der Waals surface area (Å²) in [6, 6.07) is 7.77. The van der Waals surface area contributed by atoms with Crippen LogP contribution in [0.5, 0.6) is 0 Å². The van der Waals surface area contributed by atoms with Crippen LogP contribution in [0, 0.1) is 0 Å². The maximum absolute atomic E-state index is 5.80. The van der Waals surface area contributed by atoms with E-state index in [0.29, 0.717) is 6.61 Å². The monoisotopic (exact) mass is 235 g/mol. The van der Waals surface area contributed by atoms with Gasteiger partial charge in [0.1, 0.15) is 0 Å². The molecule has 14 heavy (non-hydrogen) atoms. The molecule has 0 radical (unpaired) electrons. The van der Waals surface area contributed by atoms with Crippen molar-refractivity contribution in [1.29, 1.82) is 0 Å². The molecule has 4 heteroatoms. The summed E-state index contributed by atoms with van der Waals surface area (Å²) < 4.78 is 4.95. The Hall–Kier alpha value is -0.280. The molecule has 0 aromatic heterocycles. The predicted molar refractivity (Wildman–Crippen MR) is 62.3 cm³/mol. The highest BCUT2D eigenvalue weighted by molar-refractivity contribution is 6.30. The SMILES string of the molecule is COCC(N)Cc1ccc(Cl)cc1.Cl.